The summed E-state index contributed by atoms with van der Waals surface area (Å²) in [5.41, 5.74) is 0. The minimum absolute atomic E-state index is 1.40. The van der Waals surface area contributed by atoms with Gasteiger partial charge in [0.15, 0.2) is 0 Å². The molecule has 34 valence electrons. The molecule has 0 heterocycles. The van der Waals surface area contributed by atoms with Crippen molar-refractivity contribution >= 4 is 34.8 Å². The Morgan fingerprint density at radius 2 is 1.50 bits per heavy atom. The minimum atomic E-state index is -1.74. The zero-order valence-corrected chi connectivity index (χ0v) is 4.85. The smallest absolute Gasteiger partial charge is 0.194 e. The molecule has 0 aliphatic rings. The van der Waals surface area contributed by atoms with Gasteiger partial charge in [0, 0.05) is 0 Å². The van der Waals surface area contributed by atoms with E-state index in [2.05, 4.69) is 0 Å². The van der Waals surface area contributed by atoms with Gasteiger partial charge in [-0.15, -0.1) is 0 Å². The van der Waals surface area contributed by atoms with Crippen molar-refractivity contribution in [3.63, 3.8) is 0 Å². The number of hydrogen-bond acceptors (Lipinski definition) is 1. The fourth-order valence-corrected chi connectivity index (χ4v) is 0. The number of nitrogens with zero attached hydrogens (tertiary/aromatic N) is 1. The Labute approximate surface area is 50.4 Å². The second-order valence-corrected chi connectivity index (χ2v) is 2.89. The average molecular weight is 145 g/mol. The van der Waals surface area contributed by atoms with Crippen molar-refractivity contribution in [1.82, 2.24) is 0 Å². The van der Waals surface area contributed by atoms with E-state index in [0.29, 0.717) is 0 Å². The van der Waals surface area contributed by atoms with Gasteiger partial charge in [-0.25, -0.2) is 0 Å². The molecular formula is C2Cl3N. The molecule has 0 atom stereocenters. The van der Waals surface area contributed by atoms with Gasteiger partial charge in [-0.2, -0.15) is 5.26 Å². The Kier molecular flexibility index (Phi) is 1.99. The molecule has 0 amide bonds. The third kappa shape index (κ3) is 4.36. The fraction of sp³-hybridized carbons (Fsp3) is 0.500. The van der Waals surface area contributed by atoms with E-state index in [1.54, 1.807) is 0 Å². The molecule has 0 radical (unpaired) electrons. The Bertz CT molecular complexity index is 75.8. The molecule has 0 aromatic rings. The van der Waals surface area contributed by atoms with Crippen LogP contribution in [0.4, 0.5) is 0 Å². The minimum Gasteiger partial charge on any atom is -0.194 e. The molecule has 0 unspecified atom stereocenters. The standard InChI is InChI=1S/C2Cl3N/c3-2(4,5)1-6/i6+1. The Balaban J connectivity index is 3.55. The van der Waals surface area contributed by atoms with Gasteiger partial charge in [-0.1, -0.05) is 34.8 Å². The molecule has 0 N–H and O–H groups in total. The molecule has 6 heavy (non-hydrogen) atoms. The van der Waals surface area contributed by atoms with Gasteiger partial charge >= 0.3 is 0 Å². The summed E-state index contributed by atoms with van der Waals surface area (Å²) in [6.45, 7) is 0. The van der Waals surface area contributed by atoms with E-state index in [1.165, 1.54) is 6.07 Å². The van der Waals surface area contributed by atoms with Crippen LogP contribution in [-0.4, -0.2) is 3.79 Å². The van der Waals surface area contributed by atoms with Crippen LogP contribution < -0.4 is 0 Å². The predicted octanol–water partition coefficient (Wildman–Crippen LogP) is 1.88. The molecule has 0 spiro atoms. The van der Waals surface area contributed by atoms with E-state index < -0.39 is 3.79 Å². The van der Waals surface area contributed by atoms with Crippen LogP contribution in [0.3, 0.4) is 0 Å². The lowest BCUT2D eigenvalue weighted by Crippen LogP contribution is -1.92. The lowest BCUT2D eigenvalue weighted by Gasteiger charge is -1.90. The van der Waals surface area contributed by atoms with Gasteiger partial charge < -0.3 is 0 Å². The highest BCUT2D eigenvalue weighted by Crippen LogP contribution is 2.23. The molecule has 0 saturated carbocycles. The van der Waals surface area contributed by atoms with Gasteiger partial charge in [0.1, 0.15) is 6.07 Å². The molecule has 0 aromatic heterocycles. The molecule has 4 heteroatoms. The average Bonchev–Trinajstić information content (AvgIpc) is 1.35. The summed E-state index contributed by atoms with van der Waals surface area (Å²) in [4.78, 5) is 0. The fourth-order valence-electron chi connectivity index (χ4n) is 0. The second kappa shape index (κ2) is 1.88. The summed E-state index contributed by atoms with van der Waals surface area (Å²) >= 11 is 14.7. The highest BCUT2D eigenvalue weighted by atomic mass is 35.6. The van der Waals surface area contributed by atoms with E-state index in [9.17, 15) is 0 Å². The largest absolute Gasteiger partial charge is 0.277 e. The van der Waals surface area contributed by atoms with Crippen LogP contribution >= 0.6 is 34.8 Å². The first-order valence-electron chi connectivity index (χ1n) is 1.04. The van der Waals surface area contributed by atoms with Gasteiger partial charge in [0.05, 0.1) is 0 Å². The number of rotatable bonds is 0. The summed E-state index contributed by atoms with van der Waals surface area (Å²) in [6, 6.07) is 1.40. The molecule has 0 bridgehead atoms. The van der Waals surface area contributed by atoms with Crippen LogP contribution in [0.2, 0.25) is 0 Å². The molecular weight excluding hydrogens is 145 g/mol. The molecule has 0 aromatic carbocycles. The van der Waals surface area contributed by atoms with Crippen LogP contribution in [0, 0.1) is 11.3 Å². The van der Waals surface area contributed by atoms with Crippen molar-refractivity contribution < 1.29 is 0 Å². The molecule has 1 nitrogen and oxygen atoms in total. The Morgan fingerprint density at radius 1 is 1.33 bits per heavy atom. The van der Waals surface area contributed by atoms with E-state index >= 15 is 0 Å². The zero-order chi connectivity index (χ0) is 5.21. The maximum atomic E-state index is 7.76. The number of alkyl halides is 3. The monoisotopic (exact) mass is 144 g/mol. The van der Waals surface area contributed by atoms with Crippen molar-refractivity contribution in [3.8, 4) is 6.07 Å². The van der Waals surface area contributed by atoms with Crippen molar-refractivity contribution in [1.29, 1.82) is 5.26 Å². The van der Waals surface area contributed by atoms with Crippen LogP contribution in [0.1, 0.15) is 0 Å². The first kappa shape index (κ1) is 6.36. The topological polar surface area (TPSA) is 23.8 Å². The Morgan fingerprint density at radius 3 is 1.50 bits per heavy atom. The summed E-state index contributed by atoms with van der Waals surface area (Å²) in [6.07, 6.45) is 0. The van der Waals surface area contributed by atoms with Gasteiger partial charge in [-0.3, -0.25) is 0 Å². The third-order valence-electron chi connectivity index (χ3n) is 0.127. The maximum absolute atomic E-state index is 7.76. The normalized spacial score (nSPS) is 10.3. The van der Waals surface area contributed by atoms with E-state index in [-0.39, 0.29) is 0 Å². The van der Waals surface area contributed by atoms with Crippen molar-refractivity contribution in [2.45, 2.75) is 3.79 Å². The summed E-state index contributed by atoms with van der Waals surface area (Å²) in [5.74, 6) is 0. The van der Waals surface area contributed by atoms with Gasteiger partial charge in [0.2, 0.25) is 0 Å². The first-order chi connectivity index (χ1) is 2.56. The van der Waals surface area contributed by atoms with Crippen molar-refractivity contribution in [2.24, 2.45) is 0 Å². The van der Waals surface area contributed by atoms with Crippen LogP contribution in [0.15, 0.2) is 0 Å². The molecule has 0 aliphatic heterocycles. The van der Waals surface area contributed by atoms with Crippen molar-refractivity contribution in [3.05, 3.63) is 0 Å². The highest BCUT2D eigenvalue weighted by Gasteiger charge is 2.16. The second-order valence-electron chi connectivity index (χ2n) is 0.610. The summed E-state index contributed by atoms with van der Waals surface area (Å²) in [5, 5.41) is 7.76. The molecule has 0 saturated heterocycles. The molecule has 0 aliphatic carbocycles. The van der Waals surface area contributed by atoms with Crippen molar-refractivity contribution in [2.75, 3.05) is 0 Å². The van der Waals surface area contributed by atoms with Gasteiger partial charge in [-0.05, 0) is 0 Å². The summed E-state index contributed by atoms with van der Waals surface area (Å²) < 4.78 is -1.74. The predicted molar refractivity (Wildman–Crippen MR) is 25.9 cm³/mol. The zero-order valence-electron chi connectivity index (χ0n) is 2.58. The van der Waals surface area contributed by atoms with Crippen LogP contribution in [0.25, 0.3) is 0 Å². The summed E-state index contributed by atoms with van der Waals surface area (Å²) in [7, 11) is 0. The third-order valence-corrected chi connectivity index (χ3v) is 0.380. The van der Waals surface area contributed by atoms with Crippen LogP contribution in [0.5, 0.6) is 0 Å². The number of halogens is 3. The van der Waals surface area contributed by atoms with E-state index in [0.717, 1.165) is 0 Å². The van der Waals surface area contributed by atoms with E-state index in [4.69, 9.17) is 40.1 Å². The van der Waals surface area contributed by atoms with E-state index in [1.807, 2.05) is 0 Å². The quantitative estimate of drug-likeness (QED) is 0.377. The molecule has 0 rings (SSSR count). The molecule has 0 fully saturated rings. The van der Waals surface area contributed by atoms with Crippen LogP contribution in [-0.2, 0) is 0 Å². The lowest BCUT2D eigenvalue weighted by atomic mass is 10.9. The SMILES string of the molecule is [15N]#CC(Cl)(Cl)Cl. The lowest BCUT2D eigenvalue weighted by molar-refractivity contribution is 1.39. The Hall–Kier alpha value is 0.360. The van der Waals surface area contributed by atoms with Gasteiger partial charge in [0.25, 0.3) is 3.79 Å². The highest BCUT2D eigenvalue weighted by molar-refractivity contribution is 6.69. The number of nitriles is 1. The maximum Gasteiger partial charge on any atom is 0.277 e. The first-order valence-corrected chi connectivity index (χ1v) is 2.17. The number of hydrogen-bond donors (Lipinski definition) is 0.